The SMILES string of the molecule is C[C@]12CC[C@H]3[C@H](CCC4=C[C@@H](O)CC[C@@]43C=O)[C@@]1(O)CC[C@@H]2C1=CC(=O)OC1. The second-order valence-corrected chi connectivity index (χ2v) is 10.0. The summed E-state index contributed by atoms with van der Waals surface area (Å²) in [6.45, 7) is 2.54. The van der Waals surface area contributed by atoms with Crippen LogP contribution in [0.1, 0.15) is 58.3 Å². The second-order valence-electron chi connectivity index (χ2n) is 10.0. The number of carbonyl (C=O) groups excluding carboxylic acids is 2. The number of aliphatic hydroxyl groups excluding tert-OH is 1. The molecule has 7 atom stereocenters. The minimum absolute atomic E-state index is 0.0902. The number of allylic oxidation sites excluding steroid dienone is 1. The first kappa shape index (κ1) is 18.6. The number of ether oxygens (including phenoxy) is 1. The van der Waals surface area contributed by atoms with Gasteiger partial charge in [-0.2, -0.15) is 0 Å². The quantitative estimate of drug-likeness (QED) is 0.433. The molecule has 0 radical (unpaired) electrons. The van der Waals surface area contributed by atoms with Crippen molar-refractivity contribution < 1.29 is 24.5 Å². The summed E-state index contributed by atoms with van der Waals surface area (Å²) in [6, 6.07) is 0. The molecule has 5 aliphatic rings. The largest absolute Gasteiger partial charge is 0.458 e. The maximum Gasteiger partial charge on any atom is 0.331 e. The molecule has 0 saturated heterocycles. The van der Waals surface area contributed by atoms with Crippen LogP contribution in [0.2, 0.25) is 0 Å². The third kappa shape index (κ3) is 2.20. The predicted octanol–water partition coefficient (Wildman–Crippen LogP) is 2.70. The van der Waals surface area contributed by atoms with E-state index >= 15 is 0 Å². The molecule has 0 bridgehead atoms. The Morgan fingerprint density at radius 3 is 2.68 bits per heavy atom. The Hall–Kier alpha value is -1.46. The standard InChI is InChI=1S/C23H30O5/c1-21-7-5-18-19(3-2-15-11-16(25)4-8-22(15,18)13-24)23(21,27)9-6-17(21)14-10-20(26)28-12-14/h10-11,13,16-19,25,27H,2-9,12H2,1H3/t16-,17+,18-,19-,21+,22+,23-/m0/s1. The molecule has 152 valence electrons. The third-order valence-electron chi connectivity index (χ3n) is 9.22. The van der Waals surface area contributed by atoms with Crippen molar-refractivity contribution in [1.29, 1.82) is 0 Å². The molecule has 0 aromatic rings. The zero-order chi connectivity index (χ0) is 19.7. The van der Waals surface area contributed by atoms with Crippen molar-refractivity contribution in [3.05, 3.63) is 23.3 Å². The zero-order valence-electron chi connectivity index (χ0n) is 16.5. The molecule has 3 fully saturated rings. The highest BCUT2D eigenvalue weighted by atomic mass is 16.5. The van der Waals surface area contributed by atoms with Gasteiger partial charge in [0.2, 0.25) is 0 Å². The van der Waals surface area contributed by atoms with Gasteiger partial charge in [-0.3, -0.25) is 0 Å². The van der Waals surface area contributed by atoms with Gasteiger partial charge in [-0.1, -0.05) is 18.6 Å². The summed E-state index contributed by atoms with van der Waals surface area (Å²) < 4.78 is 5.17. The molecule has 2 N–H and O–H groups in total. The van der Waals surface area contributed by atoms with E-state index in [1.165, 1.54) is 0 Å². The van der Waals surface area contributed by atoms with E-state index in [-0.39, 0.29) is 29.1 Å². The van der Waals surface area contributed by atoms with E-state index in [0.29, 0.717) is 19.4 Å². The van der Waals surface area contributed by atoms with Crippen LogP contribution in [0.3, 0.4) is 0 Å². The van der Waals surface area contributed by atoms with Crippen LogP contribution in [0.4, 0.5) is 0 Å². The molecule has 0 spiro atoms. The van der Waals surface area contributed by atoms with Gasteiger partial charge in [0.15, 0.2) is 0 Å². The van der Waals surface area contributed by atoms with Gasteiger partial charge in [-0.25, -0.2) is 4.79 Å². The molecular weight excluding hydrogens is 356 g/mol. The summed E-state index contributed by atoms with van der Waals surface area (Å²) in [5.41, 5.74) is 0.520. The number of aliphatic hydroxyl groups is 2. The minimum atomic E-state index is -0.815. The average molecular weight is 386 g/mol. The van der Waals surface area contributed by atoms with Crippen molar-refractivity contribution in [3.8, 4) is 0 Å². The number of cyclic esters (lactones) is 1. The molecule has 28 heavy (non-hydrogen) atoms. The van der Waals surface area contributed by atoms with Crippen molar-refractivity contribution in [3.63, 3.8) is 0 Å². The Labute approximate surface area is 165 Å². The Bertz CT molecular complexity index is 784. The summed E-state index contributed by atoms with van der Waals surface area (Å²) >= 11 is 0. The normalized spacial score (nSPS) is 50.0. The lowest BCUT2D eigenvalue weighted by Gasteiger charge is -2.61. The highest BCUT2D eigenvalue weighted by Crippen LogP contribution is 2.69. The number of hydrogen-bond donors (Lipinski definition) is 2. The van der Waals surface area contributed by atoms with Crippen LogP contribution in [-0.2, 0) is 14.3 Å². The van der Waals surface area contributed by atoms with E-state index in [1.54, 1.807) is 6.08 Å². The van der Waals surface area contributed by atoms with Gasteiger partial charge in [-0.05, 0) is 74.7 Å². The van der Waals surface area contributed by atoms with Crippen molar-refractivity contribution in [1.82, 2.24) is 0 Å². The summed E-state index contributed by atoms with van der Waals surface area (Å²) in [4.78, 5) is 24.0. The maximum atomic E-state index is 12.4. The molecule has 0 amide bonds. The van der Waals surface area contributed by atoms with Gasteiger partial charge in [0.25, 0.3) is 0 Å². The minimum Gasteiger partial charge on any atom is -0.458 e. The topological polar surface area (TPSA) is 83.8 Å². The Kier molecular flexibility index (Phi) is 3.99. The highest BCUT2D eigenvalue weighted by Gasteiger charge is 2.67. The number of carbonyl (C=O) groups is 2. The van der Waals surface area contributed by atoms with E-state index < -0.39 is 17.1 Å². The van der Waals surface area contributed by atoms with Crippen LogP contribution >= 0.6 is 0 Å². The number of fused-ring (bicyclic) bond motifs is 5. The summed E-state index contributed by atoms with van der Waals surface area (Å²) in [6.07, 6.45) is 10.5. The van der Waals surface area contributed by atoms with Crippen molar-refractivity contribution in [2.24, 2.45) is 28.6 Å². The van der Waals surface area contributed by atoms with Crippen molar-refractivity contribution in [2.45, 2.75) is 70.0 Å². The lowest BCUT2D eigenvalue weighted by molar-refractivity contribution is -0.183. The molecule has 5 nitrogen and oxygen atoms in total. The lowest BCUT2D eigenvalue weighted by atomic mass is 9.45. The van der Waals surface area contributed by atoms with E-state index in [1.807, 2.05) is 6.08 Å². The fraction of sp³-hybridized carbons (Fsp3) is 0.739. The van der Waals surface area contributed by atoms with E-state index in [0.717, 1.165) is 56.0 Å². The smallest absolute Gasteiger partial charge is 0.331 e. The fourth-order valence-electron chi connectivity index (χ4n) is 7.79. The first-order chi connectivity index (χ1) is 13.3. The van der Waals surface area contributed by atoms with Gasteiger partial charge >= 0.3 is 5.97 Å². The molecule has 0 aromatic carbocycles. The Morgan fingerprint density at radius 1 is 1.14 bits per heavy atom. The van der Waals surface area contributed by atoms with Gasteiger partial charge in [0.05, 0.1) is 17.1 Å². The molecule has 4 aliphatic carbocycles. The molecule has 5 rings (SSSR count). The van der Waals surface area contributed by atoms with Gasteiger partial charge < -0.3 is 19.7 Å². The number of esters is 1. The van der Waals surface area contributed by atoms with Crippen LogP contribution in [-0.4, -0.2) is 40.8 Å². The predicted molar refractivity (Wildman–Crippen MR) is 102 cm³/mol. The number of rotatable bonds is 2. The molecule has 0 unspecified atom stereocenters. The van der Waals surface area contributed by atoms with Gasteiger partial charge in [0, 0.05) is 11.5 Å². The summed E-state index contributed by atoms with van der Waals surface area (Å²) in [5, 5.41) is 22.2. The maximum absolute atomic E-state index is 12.4. The Morgan fingerprint density at radius 2 is 1.96 bits per heavy atom. The zero-order valence-corrected chi connectivity index (χ0v) is 16.5. The average Bonchev–Trinajstić information content (AvgIpc) is 3.22. The number of hydrogen-bond acceptors (Lipinski definition) is 5. The molecule has 0 aromatic heterocycles. The monoisotopic (exact) mass is 386 g/mol. The second kappa shape index (κ2) is 6.02. The number of aldehydes is 1. The van der Waals surface area contributed by atoms with Crippen LogP contribution in [0.25, 0.3) is 0 Å². The van der Waals surface area contributed by atoms with E-state index in [9.17, 15) is 19.8 Å². The molecule has 5 heteroatoms. The molecule has 3 saturated carbocycles. The fourth-order valence-corrected chi connectivity index (χ4v) is 7.79. The van der Waals surface area contributed by atoms with Gasteiger partial charge in [0.1, 0.15) is 12.9 Å². The Balaban J connectivity index is 1.52. The molecule has 1 aliphatic heterocycles. The van der Waals surface area contributed by atoms with Crippen molar-refractivity contribution in [2.75, 3.05) is 6.61 Å². The summed E-state index contributed by atoms with van der Waals surface area (Å²) in [7, 11) is 0. The first-order valence-corrected chi connectivity index (χ1v) is 10.8. The van der Waals surface area contributed by atoms with E-state index in [4.69, 9.17) is 4.74 Å². The van der Waals surface area contributed by atoms with Crippen LogP contribution in [0, 0.1) is 28.6 Å². The van der Waals surface area contributed by atoms with Crippen LogP contribution in [0.5, 0.6) is 0 Å². The van der Waals surface area contributed by atoms with Gasteiger partial charge in [-0.15, -0.1) is 0 Å². The third-order valence-corrected chi connectivity index (χ3v) is 9.22. The molecule has 1 heterocycles. The van der Waals surface area contributed by atoms with Crippen LogP contribution in [0.15, 0.2) is 23.3 Å². The summed E-state index contributed by atoms with van der Waals surface area (Å²) in [5.74, 6) is 0.135. The van der Waals surface area contributed by atoms with Crippen molar-refractivity contribution >= 4 is 12.3 Å². The van der Waals surface area contributed by atoms with E-state index in [2.05, 4.69) is 6.92 Å². The highest BCUT2D eigenvalue weighted by molar-refractivity contribution is 5.85. The lowest BCUT2D eigenvalue weighted by Crippen LogP contribution is -2.61. The van der Waals surface area contributed by atoms with Crippen LogP contribution < -0.4 is 0 Å². The first-order valence-electron chi connectivity index (χ1n) is 10.8. The molecular formula is C23H30O5.